The Bertz CT molecular complexity index is 1170. The normalized spacial score (nSPS) is 13.6. The summed E-state index contributed by atoms with van der Waals surface area (Å²) in [6, 6.07) is 9.91. The van der Waals surface area contributed by atoms with Crippen molar-refractivity contribution in [2.75, 3.05) is 17.1 Å². The first kappa shape index (κ1) is 29.2. The lowest BCUT2D eigenvalue weighted by Gasteiger charge is -2.32. The van der Waals surface area contributed by atoms with Gasteiger partial charge in [0.25, 0.3) is 0 Å². The molecule has 0 aromatic heterocycles. The third-order valence-electron chi connectivity index (χ3n) is 5.78. The van der Waals surface area contributed by atoms with Crippen molar-refractivity contribution in [3.63, 3.8) is 0 Å². The Hall–Kier alpha value is -3.08. The van der Waals surface area contributed by atoms with Crippen molar-refractivity contribution in [2.24, 2.45) is 0 Å². The minimum atomic E-state index is -4.69. The molecule has 0 radical (unpaired) electrons. The Kier molecular flexibility index (Phi) is 9.53. The van der Waals surface area contributed by atoms with Gasteiger partial charge in [-0.2, -0.15) is 13.2 Å². The van der Waals surface area contributed by atoms with Gasteiger partial charge in [0.2, 0.25) is 21.8 Å². The van der Waals surface area contributed by atoms with E-state index in [2.05, 4.69) is 5.32 Å². The molecule has 0 aliphatic carbocycles. The number of aryl methyl sites for hydroxylation is 1. The maximum atomic E-state index is 13.4. The maximum absolute atomic E-state index is 13.4. The van der Waals surface area contributed by atoms with Crippen LogP contribution in [0.1, 0.15) is 43.9 Å². The third-order valence-corrected chi connectivity index (χ3v) is 6.92. The van der Waals surface area contributed by atoms with Gasteiger partial charge in [0.15, 0.2) is 0 Å². The summed E-state index contributed by atoms with van der Waals surface area (Å²) in [6.07, 6.45) is -3.21. The molecule has 0 saturated heterocycles. The fourth-order valence-electron chi connectivity index (χ4n) is 3.39. The average molecular weight is 528 g/mol. The molecular formula is C25H32F3N3O4S. The largest absolute Gasteiger partial charge is 0.416 e. The number of hydrogen-bond acceptors (Lipinski definition) is 4. The van der Waals surface area contributed by atoms with Crippen molar-refractivity contribution in [2.45, 2.75) is 58.9 Å². The van der Waals surface area contributed by atoms with E-state index in [1.54, 1.807) is 12.1 Å². The zero-order valence-corrected chi connectivity index (χ0v) is 21.8. The SMILES string of the molecule is CC[C@@H](C)NC(=O)[C@@H](C)N(Cc1ccc(C)cc1)C(=O)CN(c1cccc(C(F)(F)F)c1)S(C)(=O)=O. The van der Waals surface area contributed by atoms with E-state index in [9.17, 15) is 31.2 Å². The lowest BCUT2D eigenvalue weighted by atomic mass is 10.1. The highest BCUT2D eigenvalue weighted by Gasteiger charge is 2.33. The van der Waals surface area contributed by atoms with Crippen LogP contribution in [0.25, 0.3) is 0 Å². The van der Waals surface area contributed by atoms with E-state index >= 15 is 0 Å². The van der Waals surface area contributed by atoms with Gasteiger partial charge in [-0.3, -0.25) is 13.9 Å². The number of carbonyl (C=O) groups is 2. The Balaban J connectivity index is 2.43. The number of rotatable bonds is 10. The molecular weight excluding hydrogens is 495 g/mol. The molecule has 0 heterocycles. The maximum Gasteiger partial charge on any atom is 0.416 e. The molecule has 2 amide bonds. The van der Waals surface area contributed by atoms with Crippen LogP contribution in [0, 0.1) is 6.92 Å². The predicted octanol–water partition coefficient (Wildman–Crippen LogP) is 4.11. The van der Waals surface area contributed by atoms with Crippen LogP contribution in [-0.2, 0) is 32.3 Å². The second kappa shape index (κ2) is 11.8. The molecule has 2 rings (SSSR count). The molecule has 1 N–H and O–H groups in total. The second-order valence-electron chi connectivity index (χ2n) is 8.82. The lowest BCUT2D eigenvalue weighted by molar-refractivity contribution is -0.139. The summed E-state index contributed by atoms with van der Waals surface area (Å²) >= 11 is 0. The monoisotopic (exact) mass is 527 g/mol. The Morgan fingerprint density at radius 1 is 1.06 bits per heavy atom. The Morgan fingerprint density at radius 3 is 2.19 bits per heavy atom. The number of benzene rings is 2. The zero-order chi connectivity index (χ0) is 27.3. The summed E-state index contributed by atoms with van der Waals surface area (Å²) < 4.78 is 65.4. The van der Waals surface area contributed by atoms with E-state index in [-0.39, 0.29) is 18.3 Å². The van der Waals surface area contributed by atoms with Crippen molar-refractivity contribution in [3.05, 3.63) is 65.2 Å². The molecule has 36 heavy (non-hydrogen) atoms. The van der Waals surface area contributed by atoms with E-state index in [0.717, 1.165) is 24.0 Å². The molecule has 11 heteroatoms. The summed E-state index contributed by atoms with van der Waals surface area (Å²) in [6.45, 7) is 6.37. The average Bonchev–Trinajstić information content (AvgIpc) is 2.80. The van der Waals surface area contributed by atoms with Gasteiger partial charge < -0.3 is 10.2 Å². The van der Waals surface area contributed by atoms with Crippen molar-refractivity contribution < 1.29 is 31.2 Å². The third kappa shape index (κ3) is 7.97. The minimum absolute atomic E-state index is 0.00833. The van der Waals surface area contributed by atoms with Crippen LogP contribution in [0.5, 0.6) is 0 Å². The first-order chi connectivity index (χ1) is 16.6. The molecule has 0 unspecified atom stereocenters. The fraction of sp³-hybridized carbons (Fsp3) is 0.440. The van der Waals surface area contributed by atoms with Crippen LogP contribution in [0.2, 0.25) is 0 Å². The van der Waals surface area contributed by atoms with Crippen LogP contribution in [0.15, 0.2) is 48.5 Å². The Labute approximate surface area is 210 Å². The number of halogens is 3. The van der Waals surface area contributed by atoms with E-state index < -0.39 is 46.2 Å². The molecule has 2 aromatic carbocycles. The van der Waals surface area contributed by atoms with E-state index in [1.807, 2.05) is 32.9 Å². The number of sulfonamides is 1. The summed E-state index contributed by atoms with van der Waals surface area (Å²) in [5, 5.41) is 2.81. The standard InChI is InChI=1S/C25H32F3N3O4S/c1-6-18(3)29-24(33)19(4)30(15-20-12-10-17(2)11-13-20)23(32)16-31(36(5,34)35)22-9-7-8-21(14-22)25(26,27)28/h7-14,18-19H,6,15-16H2,1-5H3,(H,29,33)/t18-,19-/m1/s1. The summed E-state index contributed by atoms with van der Waals surface area (Å²) in [5.74, 6) is -1.15. The van der Waals surface area contributed by atoms with Crippen molar-refractivity contribution >= 4 is 27.5 Å². The van der Waals surface area contributed by atoms with Gasteiger partial charge in [-0.05, 0) is 51.0 Å². The lowest BCUT2D eigenvalue weighted by Crippen LogP contribution is -2.52. The summed E-state index contributed by atoms with van der Waals surface area (Å²) in [5.41, 5.74) is 0.362. The van der Waals surface area contributed by atoms with Crippen molar-refractivity contribution in [3.8, 4) is 0 Å². The number of nitrogens with zero attached hydrogens (tertiary/aromatic N) is 2. The van der Waals surface area contributed by atoms with E-state index in [0.29, 0.717) is 22.4 Å². The van der Waals surface area contributed by atoms with Gasteiger partial charge >= 0.3 is 6.18 Å². The van der Waals surface area contributed by atoms with Crippen LogP contribution in [0.3, 0.4) is 0 Å². The molecule has 0 saturated carbocycles. The smallest absolute Gasteiger partial charge is 0.352 e. The highest BCUT2D eigenvalue weighted by atomic mass is 32.2. The molecule has 0 bridgehead atoms. The van der Waals surface area contributed by atoms with Crippen LogP contribution in [-0.4, -0.2) is 50.0 Å². The van der Waals surface area contributed by atoms with Gasteiger partial charge in [0.05, 0.1) is 17.5 Å². The van der Waals surface area contributed by atoms with Crippen LogP contribution >= 0.6 is 0 Å². The fourth-order valence-corrected chi connectivity index (χ4v) is 4.23. The molecule has 7 nitrogen and oxygen atoms in total. The number of anilines is 1. The van der Waals surface area contributed by atoms with Gasteiger partial charge in [-0.15, -0.1) is 0 Å². The number of carbonyl (C=O) groups excluding carboxylic acids is 2. The van der Waals surface area contributed by atoms with Crippen molar-refractivity contribution in [1.82, 2.24) is 10.2 Å². The summed E-state index contributed by atoms with van der Waals surface area (Å²) in [7, 11) is -4.14. The number of amides is 2. The number of hydrogen-bond donors (Lipinski definition) is 1. The van der Waals surface area contributed by atoms with Crippen molar-refractivity contribution in [1.29, 1.82) is 0 Å². The Morgan fingerprint density at radius 2 is 1.67 bits per heavy atom. The first-order valence-electron chi connectivity index (χ1n) is 11.4. The van der Waals surface area contributed by atoms with Crippen LogP contribution < -0.4 is 9.62 Å². The highest BCUT2D eigenvalue weighted by Crippen LogP contribution is 2.32. The molecule has 2 atom stereocenters. The second-order valence-corrected chi connectivity index (χ2v) is 10.7. The van der Waals surface area contributed by atoms with Crippen LogP contribution in [0.4, 0.5) is 18.9 Å². The summed E-state index contributed by atoms with van der Waals surface area (Å²) in [4.78, 5) is 27.5. The van der Waals surface area contributed by atoms with Gasteiger partial charge in [-0.25, -0.2) is 8.42 Å². The molecule has 0 aliphatic heterocycles. The van der Waals surface area contributed by atoms with Gasteiger partial charge in [0, 0.05) is 12.6 Å². The van der Waals surface area contributed by atoms with E-state index in [4.69, 9.17) is 0 Å². The quantitative estimate of drug-likeness (QED) is 0.504. The first-order valence-corrected chi connectivity index (χ1v) is 13.3. The molecule has 0 spiro atoms. The molecule has 2 aromatic rings. The minimum Gasteiger partial charge on any atom is -0.352 e. The van der Waals surface area contributed by atoms with E-state index in [1.165, 1.54) is 17.9 Å². The predicted molar refractivity (Wildman–Crippen MR) is 133 cm³/mol. The topological polar surface area (TPSA) is 86.8 Å². The van der Waals surface area contributed by atoms with Gasteiger partial charge in [-0.1, -0.05) is 42.8 Å². The highest BCUT2D eigenvalue weighted by molar-refractivity contribution is 7.92. The zero-order valence-electron chi connectivity index (χ0n) is 21.0. The number of alkyl halides is 3. The molecule has 0 fully saturated rings. The molecule has 198 valence electrons. The number of nitrogens with one attached hydrogen (secondary N) is 1. The molecule has 0 aliphatic rings. The van der Waals surface area contributed by atoms with Gasteiger partial charge in [0.1, 0.15) is 12.6 Å².